The molecule has 8 atom stereocenters. The number of pyridine rings is 2. The van der Waals surface area contributed by atoms with Crippen LogP contribution in [0.5, 0.6) is 23.0 Å². The number of nitrogens with one attached hydrogen (secondary N) is 4. The smallest absolute Gasteiger partial charge is 0.308 e. The molecule has 0 spiro atoms. The molecule has 8 rings (SSSR count). The maximum absolute atomic E-state index is 11.2. The quantitative estimate of drug-likeness (QED) is 0.102. The Morgan fingerprint density at radius 2 is 0.969 bits per heavy atom. The lowest BCUT2D eigenvalue weighted by molar-refractivity contribution is -0.142. The highest BCUT2D eigenvalue weighted by Crippen LogP contribution is 2.36. The number of methoxy groups -OCH3 is 4. The minimum absolute atomic E-state index is 0.00806. The van der Waals surface area contributed by atoms with Crippen LogP contribution in [-0.4, -0.2) is 135 Å². The molecule has 64 heavy (non-hydrogen) atoms. The number of hydrogen-bond donors (Lipinski definition) is 8. The Labute approximate surface area is 371 Å². The third-order valence-corrected chi connectivity index (χ3v) is 11.9. The van der Waals surface area contributed by atoms with Crippen LogP contribution >= 0.6 is 0 Å². The van der Waals surface area contributed by atoms with E-state index < -0.39 is 29.8 Å². The number of aromatic nitrogens is 2. The molecule has 0 aliphatic carbocycles. The van der Waals surface area contributed by atoms with Gasteiger partial charge in [0.1, 0.15) is 11.5 Å². The number of hydrogen-bond acceptors (Lipinski definition) is 14. The first kappa shape index (κ1) is 48.7. The summed E-state index contributed by atoms with van der Waals surface area (Å²) in [5.74, 6) is -1.83. The van der Waals surface area contributed by atoms with Gasteiger partial charge in [-0.2, -0.15) is 0 Å². The minimum atomic E-state index is -0.771. The summed E-state index contributed by atoms with van der Waals surface area (Å²) < 4.78 is 20.8. The van der Waals surface area contributed by atoms with Crippen LogP contribution in [0.1, 0.15) is 46.1 Å². The third kappa shape index (κ3) is 12.6. The van der Waals surface area contributed by atoms with Crippen molar-refractivity contribution in [2.24, 2.45) is 23.7 Å². The van der Waals surface area contributed by atoms with Crippen LogP contribution in [0.3, 0.4) is 0 Å². The van der Waals surface area contributed by atoms with Crippen LogP contribution < -0.4 is 40.2 Å². The summed E-state index contributed by atoms with van der Waals surface area (Å²) in [7, 11) is 6.32. The van der Waals surface area contributed by atoms with E-state index >= 15 is 0 Å². The molecule has 344 valence electrons. The number of benzene rings is 2. The van der Waals surface area contributed by atoms with Crippen molar-refractivity contribution in [3.8, 4) is 23.0 Å². The van der Waals surface area contributed by atoms with Gasteiger partial charge in [-0.05, 0) is 59.2 Å². The molecule has 6 heterocycles. The summed E-state index contributed by atoms with van der Waals surface area (Å²) in [6.45, 7) is 4.86. The highest BCUT2D eigenvalue weighted by atomic mass is 16.5. The fraction of sp³-hybridized carbons (Fsp3) is 0.435. The monoisotopic (exact) mass is 886 g/mol. The van der Waals surface area contributed by atoms with Gasteiger partial charge in [0.05, 0.1) is 52.1 Å². The summed E-state index contributed by atoms with van der Waals surface area (Å²) in [4.78, 5) is 52.4. The number of ether oxygens (including phenoxy) is 4. The molecule has 4 aliphatic heterocycles. The van der Waals surface area contributed by atoms with Gasteiger partial charge in [-0.1, -0.05) is 18.2 Å². The summed E-state index contributed by atoms with van der Waals surface area (Å²) >= 11 is 0. The van der Waals surface area contributed by atoms with Gasteiger partial charge < -0.3 is 60.6 Å². The molecule has 4 aromatic rings. The van der Waals surface area contributed by atoms with E-state index in [-0.39, 0.29) is 41.4 Å². The summed E-state index contributed by atoms with van der Waals surface area (Å²) in [6, 6.07) is 20.5. The topological polar surface area (TPSA) is 260 Å². The molecule has 0 amide bonds. The van der Waals surface area contributed by atoms with E-state index in [1.165, 1.54) is 0 Å². The van der Waals surface area contributed by atoms with Crippen LogP contribution in [0.25, 0.3) is 0 Å². The first-order chi connectivity index (χ1) is 30.9. The van der Waals surface area contributed by atoms with Crippen molar-refractivity contribution in [2.75, 3.05) is 80.8 Å². The minimum Gasteiger partial charge on any atom is -0.497 e. The second-order valence-corrected chi connectivity index (χ2v) is 15.6. The van der Waals surface area contributed by atoms with Crippen LogP contribution in [-0.2, 0) is 19.2 Å². The Hall–Kier alpha value is -6.34. The second-order valence-electron chi connectivity index (χ2n) is 15.6. The van der Waals surface area contributed by atoms with E-state index in [0.717, 1.165) is 28.9 Å². The Morgan fingerprint density at radius 1 is 0.484 bits per heavy atom. The van der Waals surface area contributed by atoms with Gasteiger partial charge in [0.2, 0.25) is 0 Å². The van der Waals surface area contributed by atoms with Gasteiger partial charge in [-0.3, -0.25) is 29.1 Å². The second kappa shape index (κ2) is 23.9. The molecule has 2 aromatic carbocycles. The SMILES string of the molecule is COc1cc(OC)cc(C2CNCC2C(=O)O)c1.COc1ccc(C2CNCC2C(=O)O)cc1OC.O=C(O)C1CNCC1c1ccccn1.O=C(O)C1CNCC1c1cccnc1. The summed E-state index contributed by atoms with van der Waals surface area (Å²) in [6.07, 6.45) is 5.14. The van der Waals surface area contributed by atoms with E-state index in [1.807, 2.05) is 60.7 Å². The third-order valence-electron chi connectivity index (χ3n) is 11.9. The molecular formula is C46H58N6O12. The molecule has 0 bridgehead atoms. The van der Waals surface area contributed by atoms with Crippen molar-refractivity contribution >= 4 is 23.9 Å². The number of carboxylic acids is 4. The zero-order valence-electron chi connectivity index (χ0n) is 36.3. The van der Waals surface area contributed by atoms with Gasteiger partial charge in [0.25, 0.3) is 0 Å². The van der Waals surface area contributed by atoms with Crippen LogP contribution in [0.2, 0.25) is 0 Å². The van der Waals surface area contributed by atoms with Crippen molar-refractivity contribution in [1.82, 2.24) is 31.2 Å². The van der Waals surface area contributed by atoms with E-state index in [4.69, 9.17) is 29.2 Å². The molecule has 0 saturated carbocycles. The predicted molar refractivity (Wildman–Crippen MR) is 235 cm³/mol. The standard InChI is InChI=1S/2C13H17NO4.2C10H12N2O2/c1-17-9-3-8(4-10(5-9)18-2)11-6-14-7-12(11)13(15)16;1-17-11-4-3-8(5-12(11)18-2)9-6-14-7-10(9)13(15)16;13-10(14)9-6-12-5-8(9)7-2-1-3-11-4-7;13-10(14)8-6-11-5-7(8)9-3-1-2-4-12-9/h3-5,11-12,14H,6-7H2,1-2H3,(H,15,16);3-5,9-10,14H,6-7H2,1-2H3,(H,15,16);1-4,8-9,12H,5-6H2,(H,13,14);1-4,7-8,11H,5-6H2,(H,13,14). The highest BCUT2D eigenvalue weighted by molar-refractivity contribution is 5.74. The molecule has 0 radical (unpaired) electrons. The van der Waals surface area contributed by atoms with Crippen molar-refractivity contribution < 1.29 is 58.6 Å². The Kier molecular flexibility index (Phi) is 18.2. The molecule has 4 saturated heterocycles. The zero-order chi connectivity index (χ0) is 46.2. The van der Waals surface area contributed by atoms with Gasteiger partial charge in [0, 0.05) is 106 Å². The Morgan fingerprint density at radius 3 is 1.41 bits per heavy atom. The summed E-state index contributed by atoms with van der Waals surface area (Å²) in [5, 5.41) is 48.7. The average Bonchev–Trinajstić information content (AvgIpc) is 4.17. The molecule has 18 heteroatoms. The van der Waals surface area contributed by atoms with E-state index in [0.29, 0.717) is 68.8 Å². The van der Waals surface area contributed by atoms with Crippen molar-refractivity contribution in [3.63, 3.8) is 0 Å². The predicted octanol–water partition coefficient (Wildman–Crippen LogP) is 3.12. The van der Waals surface area contributed by atoms with Gasteiger partial charge in [-0.15, -0.1) is 0 Å². The fourth-order valence-electron chi connectivity index (χ4n) is 8.43. The number of carboxylic acid groups (broad SMARTS) is 4. The normalized spacial score (nSPS) is 24.3. The fourth-order valence-corrected chi connectivity index (χ4v) is 8.43. The molecule has 4 aliphatic rings. The maximum Gasteiger partial charge on any atom is 0.308 e. The van der Waals surface area contributed by atoms with Crippen molar-refractivity contribution in [1.29, 1.82) is 0 Å². The maximum atomic E-state index is 11.2. The molecule has 18 nitrogen and oxygen atoms in total. The highest BCUT2D eigenvalue weighted by Gasteiger charge is 2.37. The average molecular weight is 887 g/mol. The zero-order valence-corrected chi connectivity index (χ0v) is 36.3. The molecular weight excluding hydrogens is 829 g/mol. The van der Waals surface area contributed by atoms with E-state index in [9.17, 15) is 29.4 Å². The largest absolute Gasteiger partial charge is 0.497 e. The van der Waals surface area contributed by atoms with Crippen molar-refractivity contribution in [3.05, 3.63) is 108 Å². The molecule has 2 aromatic heterocycles. The van der Waals surface area contributed by atoms with Gasteiger partial charge in [0.15, 0.2) is 11.5 Å². The lowest BCUT2D eigenvalue weighted by atomic mass is 9.89. The first-order valence-corrected chi connectivity index (χ1v) is 20.9. The van der Waals surface area contributed by atoms with Crippen LogP contribution in [0.4, 0.5) is 0 Å². The number of aliphatic carboxylic acids is 4. The molecule has 8 unspecified atom stereocenters. The van der Waals surface area contributed by atoms with Crippen molar-refractivity contribution in [2.45, 2.75) is 23.7 Å². The number of rotatable bonds is 12. The number of nitrogens with zero attached hydrogens (tertiary/aromatic N) is 2. The van der Waals surface area contributed by atoms with Crippen LogP contribution in [0, 0.1) is 23.7 Å². The van der Waals surface area contributed by atoms with Gasteiger partial charge >= 0.3 is 23.9 Å². The first-order valence-electron chi connectivity index (χ1n) is 20.9. The van der Waals surface area contributed by atoms with Gasteiger partial charge in [-0.25, -0.2) is 0 Å². The Balaban J connectivity index is 0.000000162. The molecule has 8 N–H and O–H groups in total. The van der Waals surface area contributed by atoms with E-state index in [2.05, 4.69) is 31.2 Å². The lowest BCUT2D eigenvalue weighted by Gasteiger charge is -2.17. The number of carbonyl (C=O) groups is 4. The van der Waals surface area contributed by atoms with E-state index in [1.54, 1.807) is 53.1 Å². The molecule has 4 fully saturated rings. The van der Waals surface area contributed by atoms with Crippen LogP contribution in [0.15, 0.2) is 85.3 Å². The summed E-state index contributed by atoms with van der Waals surface area (Å²) in [5.41, 5.74) is 3.77. The Bertz CT molecular complexity index is 2060. The lowest BCUT2D eigenvalue weighted by Crippen LogP contribution is -2.21.